The average Bonchev–Trinajstić information content (AvgIpc) is 3.38. The maximum Gasteiger partial charge on any atom is 0.127 e. The van der Waals surface area contributed by atoms with Crippen molar-refractivity contribution in [3.05, 3.63) is 198 Å². The minimum absolute atomic E-state index is 0.482. The fourth-order valence-corrected chi connectivity index (χ4v) is 9.47. The molecule has 362 valence electrons. The van der Waals surface area contributed by atoms with Crippen molar-refractivity contribution in [3.8, 4) is 11.5 Å². The van der Waals surface area contributed by atoms with E-state index in [4.69, 9.17) is 9.47 Å². The lowest BCUT2D eigenvalue weighted by molar-refractivity contribution is 0.227. The van der Waals surface area contributed by atoms with Crippen molar-refractivity contribution in [1.29, 1.82) is 0 Å². The second kappa shape index (κ2) is 27.1. The molecule has 0 aliphatic rings. The van der Waals surface area contributed by atoms with Gasteiger partial charge < -0.3 is 19.3 Å². The molecular formula is C62H64Br4N2O2. The first kappa shape index (κ1) is 53.0. The normalized spacial score (nSPS) is 12.3. The van der Waals surface area contributed by atoms with Crippen LogP contribution in [0.15, 0.2) is 176 Å². The van der Waals surface area contributed by atoms with Crippen LogP contribution in [0.4, 0.5) is 34.1 Å². The lowest BCUT2D eigenvalue weighted by Gasteiger charge is -2.25. The van der Waals surface area contributed by atoms with Crippen molar-refractivity contribution in [3.63, 3.8) is 0 Å². The predicted molar refractivity (Wildman–Crippen MR) is 315 cm³/mol. The number of ether oxygens (including phenoxy) is 2. The SMILES string of the molecule is CCCCC(CC)COc1cc(/C=C/c2ccc(N(c3ccc(Br)cc3)c3ccc(Br)cc3)cc2)c(OCC(CC)CCCC)cc1/C=C/c1ccc(N(c2ccc(Br)cc2)c2ccc(Br)cc2)cc1. The summed E-state index contributed by atoms with van der Waals surface area (Å²) in [4.78, 5) is 4.55. The van der Waals surface area contributed by atoms with Gasteiger partial charge in [0.1, 0.15) is 11.5 Å². The van der Waals surface area contributed by atoms with E-state index >= 15 is 0 Å². The highest BCUT2D eigenvalue weighted by Crippen LogP contribution is 2.39. The summed E-state index contributed by atoms with van der Waals surface area (Å²) in [7, 11) is 0. The van der Waals surface area contributed by atoms with Gasteiger partial charge in [0, 0.05) is 63.1 Å². The number of hydrogen-bond acceptors (Lipinski definition) is 4. The smallest absolute Gasteiger partial charge is 0.127 e. The van der Waals surface area contributed by atoms with E-state index in [-0.39, 0.29) is 0 Å². The standard InChI is InChI=1S/C62H64Br4N2O2/c1-5-9-11-45(7-3)43-69-61-41-50(20-14-48-17-31-56(32-18-48)68(59-37-25-53(65)26-38-59)60-39-27-54(66)28-40-60)62(70-44-46(8-4)12-10-6-2)42-49(61)19-13-47-15-29-55(30-16-47)67(57-33-21-51(63)22-34-57)58-35-23-52(64)24-36-58/h13-42,45-46H,5-12,43-44H2,1-4H3/b19-13+,20-14+. The molecule has 8 heteroatoms. The summed E-state index contributed by atoms with van der Waals surface area (Å²) in [6.45, 7) is 10.4. The van der Waals surface area contributed by atoms with E-state index in [0.717, 1.165) is 111 Å². The van der Waals surface area contributed by atoms with Crippen LogP contribution < -0.4 is 19.3 Å². The largest absolute Gasteiger partial charge is 0.493 e. The first-order valence-electron chi connectivity index (χ1n) is 24.8. The zero-order valence-corrected chi connectivity index (χ0v) is 47.1. The second-order valence-corrected chi connectivity index (χ2v) is 21.5. The lowest BCUT2D eigenvalue weighted by atomic mass is 10.00. The van der Waals surface area contributed by atoms with Gasteiger partial charge in [-0.1, -0.05) is 179 Å². The number of hydrogen-bond donors (Lipinski definition) is 0. The van der Waals surface area contributed by atoms with Gasteiger partial charge in [-0.25, -0.2) is 0 Å². The van der Waals surface area contributed by atoms with Crippen molar-refractivity contribution in [1.82, 2.24) is 0 Å². The first-order chi connectivity index (χ1) is 34.1. The Kier molecular flexibility index (Phi) is 20.5. The minimum atomic E-state index is 0.482. The van der Waals surface area contributed by atoms with Crippen molar-refractivity contribution in [2.24, 2.45) is 11.8 Å². The zero-order chi connectivity index (χ0) is 49.2. The summed E-state index contributed by atoms with van der Waals surface area (Å²) in [6, 6.07) is 55.7. The fraction of sp³-hybridized carbons (Fsp3) is 0.258. The molecule has 0 fully saturated rings. The molecule has 0 aliphatic heterocycles. The minimum Gasteiger partial charge on any atom is -0.493 e. The fourth-order valence-electron chi connectivity index (χ4n) is 8.41. The summed E-state index contributed by atoms with van der Waals surface area (Å²) in [5.74, 6) is 2.68. The van der Waals surface area contributed by atoms with E-state index in [1.165, 1.54) is 25.7 Å². The Hall–Kier alpha value is -4.86. The first-order valence-corrected chi connectivity index (χ1v) is 27.9. The van der Waals surface area contributed by atoms with Crippen LogP contribution in [0.5, 0.6) is 11.5 Å². The van der Waals surface area contributed by atoms with E-state index in [1.54, 1.807) is 0 Å². The number of unbranched alkanes of at least 4 members (excludes halogenated alkanes) is 2. The van der Waals surface area contributed by atoms with Crippen LogP contribution in [0.2, 0.25) is 0 Å². The molecule has 0 saturated heterocycles. The van der Waals surface area contributed by atoms with Crippen molar-refractivity contribution in [2.75, 3.05) is 23.0 Å². The third-order valence-corrected chi connectivity index (χ3v) is 14.8. The van der Waals surface area contributed by atoms with Gasteiger partial charge in [0.15, 0.2) is 0 Å². The molecule has 70 heavy (non-hydrogen) atoms. The van der Waals surface area contributed by atoms with Gasteiger partial charge >= 0.3 is 0 Å². The van der Waals surface area contributed by atoms with Gasteiger partial charge in [0.25, 0.3) is 0 Å². The summed E-state index contributed by atoms with van der Waals surface area (Å²) in [5.41, 5.74) is 10.7. The molecule has 0 radical (unpaired) electrons. The Morgan fingerprint density at radius 2 is 0.657 bits per heavy atom. The van der Waals surface area contributed by atoms with Crippen molar-refractivity contribution in [2.45, 2.75) is 79.1 Å². The summed E-state index contributed by atoms with van der Waals surface area (Å²) in [6.07, 6.45) is 18.0. The Morgan fingerprint density at radius 3 is 0.914 bits per heavy atom. The maximum absolute atomic E-state index is 6.86. The van der Waals surface area contributed by atoms with Gasteiger partial charge in [-0.2, -0.15) is 0 Å². The molecule has 2 unspecified atom stereocenters. The molecule has 7 aromatic carbocycles. The molecule has 0 N–H and O–H groups in total. The van der Waals surface area contributed by atoms with Gasteiger partial charge in [0.2, 0.25) is 0 Å². The van der Waals surface area contributed by atoms with E-state index in [0.29, 0.717) is 25.0 Å². The summed E-state index contributed by atoms with van der Waals surface area (Å²) in [5, 5.41) is 0. The molecule has 0 heterocycles. The molecule has 0 spiro atoms. The van der Waals surface area contributed by atoms with Crippen LogP contribution in [-0.4, -0.2) is 13.2 Å². The van der Waals surface area contributed by atoms with E-state index in [2.05, 4.69) is 283 Å². The van der Waals surface area contributed by atoms with Crippen molar-refractivity contribution < 1.29 is 9.47 Å². The van der Waals surface area contributed by atoms with Crippen LogP contribution in [-0.2, 0) is 0 Å². The quantitative estimate of drug-likeness (QED) is 0.0563. The van der Waals surface area contributed by atoms with Gasteiger partial charge in [-0.05, 0) is 169 Å². The van der Waals surface area contributed by atoms with Crippen LogP contribution in [0.1, 0.15) is 101 Å². The molecular weight excluding hydrogens is 1120 g/mol. The van der Waals surface area contributed by atoms with Crippen LogP contribution in [0.3, 0.4) is 0 Å². The third-order valence-electron chi connectivity index (χ3n) is 12.7. The Bertz CT molecular complexity index is 2450. The number of rotatable bonds is 24. The van der Waals surface area contributed by atoms with E-state index < -0.39 is 0 Å². The molecule has 2 atom stereocenters. The molecule has 4 nitrogen and oxygen atoms in total. The average molecular weight is 1190 g/mol. The number of halogens is 4. The molecule has 0 aromatic heterocycles. The highest BCUT2D eigenvalue weighted by molar-refractivity contribution is 9.11. The third kappa shape index (κ3) is 15.1. The lowest BCUT2D eigenvalue weighted by Crippen LogP contribution is -2.13. The summed E-state index contributed by atoms with van der Waals surface area (Å²) < 4.78 is 17.9. The molecule has 0 aliphatic carbocycles. The Morgan fingerprint density at radius 1 is 0.386 bits per heavy atom. The number of nitrogens with zero attached hydrogens (tertiary/aromatic N) is 2. The van der Waals surface area contributed by atoms with Gasteiger partial charge in [0.05, 0.1) is 13.2 Å². The van der Waals surface area contributed by atoms with Crippen molar-refractivity contribution >= 4 is 122 Å². The monoisotopic (exact) mass is 1180 g/mol. The maximum atomic E-state index is 6.86. The topological polar surface area (TPSA) is 24.9 Å². The van der Waals surface area contributed by atoms with Crippen LogP contribution in [0.25, 0.3) is 24.3 Å². The molecule has 0 bridgehead atoms. The summed E-state index contributed by atoms with van der Waals surface area (Å²) >= 11 is 14.5. The zero-order valence-electron chi connectivity index (χ0n) is 40.8. The molecule has 0 saturated carbocycles. The molecule has 0 amide bonds. The van der Waals surface area contributed by atoms with Crippen LogP contribution >= 0.6 is 63.7 Å². The number of anilines is 6. The second-order valence-electron chi connectivity index (χ2n) is 17.8. The van der Waals surface area contributed by atoms with E-state index in [9.17, 15) is 0 Å². The molecule has 7 aromatic rings. The van der Waals surface area contributed by atoms with Gasteiger partial charge in [-0.15, -0.1) is 0 Å². The Labute approximate surface area is 451 Å². The number of benzene rings is 7. The Balaban J connectivity index is 1.23. The highest BCUT2D eigenvalue weighted by Gasteiger charge is 2.17. The van der Waals surface area contributed by atoms with Crippen LogP contribution in [0, 0.1) is 11.8 Å². The van der Waals surface area contributed by atoms with E-state index in [1.807, 2.05) is 0 Å². The highest BCUT2D eigenvalue weighted by atomic mass is 79.9. The van der Waals surface area contributed by atoms with Gasteiger partial charge in [-0.3, -0.25) is 0 Å². The predicted octanol–water partition coefficient (Wildman–Crippen LogP) is 21.2. The molecule has 7 rings (SSSR count).